The van der Waals surface area contributed by atoms with E-state index >= 15 is 0 Å². The molecule has 0 bridgehead atoms. The molecule has 0 amide bonds. The average molecular weight is 441 g/mol. The first-order valence-electron chi connectivity index (χ1n) is 13.2. The summed E-state index contributed by atoms with van der Waals surface area (Å²) in [6, 6.07) is 6.41. The minimum atomic E-state index is -0.280. The Morgan fingerprint density at radius 2 is 1.62 bits per heavy atom. The van der Waals surface area contributed by atoms with Crippen LogP contribution in [0, 0.1) is 16.7 Å². The topological polar surface area (TPSA) is 63.0 Å². The first-order valence-corrected chi connectivity index (χ1v) is 13.2. The highest BCUT2D eigenvalue weighted by Gasteiger charge is 2.36. The van der Waals surface area contributed by atoms with Crippen molar-refractivity contribution in [2.75, 3.05) is 0 Å². The molecule has 1 heterocycles. The van der Waals surface area contributed by atoms with E-state index < -0.39 is 0 Å². The molecular formula is C28H44N2O2. The molecule has 1 aromatic heterocycles. The molecule has 4 nitrogen and oxygen atoms in total. The van der Waals surface area contributed by atoms with Crippen molar-refractivity contribution in [1.29, 1.82) is 5.26 Å². The van der Waals surface area contributed by atoms with E-state index in [0.717, 1.165) is 57.1 Å². The smallest absolute Gasteiger partial charge is 0.339 e. The first kappa shape index (κ1) is 26.4. The van der Waals surface area contributed by atoms with Crippen LogP contribution in [-0.2, 0) is 11.2 Å². The SMILES string of the molecule is CCCCCCCCc1ccc(C(=O)OC2CCC(C#N)(CCCCCCC)CC2)cn1. The summed E-state index contributed by atoms with van der Waals surface area (Å²) in [7, 11) is 0. The van der Waals surface area contributed by atoms with E-state index in [1.54, 1.807) is 6.20 Å². The highest BCUT2D eigenvalue weighted by Crippen LogP contribution is 2.41. The molecule has 1 aliphatic carbocycles. The van der Waals surface area contributed by atoms with Gasteiger partial charge in [0, 0.05) is 11.9 Å². The Balaban J connectivity index is 1.70. The van der Waals surface area contributed by atoms with Crippen molar-refractivity contribution in [2.24, 2.45) is 5.41 Å². The molecule has 1 saturated carbocycles. The van der Waals surface area contributed by atoms with Crippen molar-refractivity contribution in [3.05, 3.63) is 29.6 Å². The van der Waals surface area contributed by atoms with Crippen molar-refractivity contribution in [3.63, 3.8) is 0 Å². The van der Waals surface area contributed by atoms with Crippen LogP contribution in [0.2, 0.25) is 0 Å². The standard InChI is InChI=1S/C28H44N2O2/c1-3-5-7-9-10-12-14-25-16-15-24(22-30-25)27(31)32-26-17-20-28(23-29,21-18-26)19-13-11-8-6-4-2/h15-16,22,26H,3-14,17-21H2,1-2H3. The van der Waals surface area contributed by atoms with E-state index in [-0.39, 0.29) is 17.5 Å². The van der Waals surface area contributed by atoms with Crippen LogP contribution in [0.1, 0.15) is 133 Å². The molecule has 1 aliphatic rings. The van der Waals surface area contributed by atoms with Gasteiger partial charge < -0.3 is 4.74 Å². The second-order valence-electron chi connectivity index (χ2n) is 9.72. The van der Waals surface area contributed by atoms with E-state index in [9.17, 15) is 10.1 Å². The van der Waals surface area contributed by atoms with Crippen LogP contribution >= 0.6 is 0 Å². The quantitative estimate of drug-likeness (QED) is 0.205. The summed E-state index contributed by atoms with van der Waals surface area (Å²) in [5, 5.41) is 9.77. The van der Waals surface area contributed by atoms with Crippen LogP contribution in [0.5, 0.6) is 0 Å². The van der Waals surface area contributed by atoms with Crippen molar-refractivity contribution in [1.82, 2.24) is 4.98 Å². The molecule has 1 aromatic rings. The fraction of sp³-hybridized carbons (Fsp3) is 0.750. The normalized spacial score (nSPS) is 20.6. The van der Waals surface area contributed by atoms with Crippen LogP contribution in [0.15, 0.2) is 18.3 Å². The van der Waals surface area contributed by atoms with Gasteiger partial charge in [0.2, 0.25) is 0 Å². The Morgan fingerprint density at radius 1 is 1.00 bits per heavy atom. The number of pyridine rings is 1. The Labute approximate surface area is 196 Å². The number of nitriles is 1. The lowest BCUT2D eigenvalue weighted by Crippen LogP contribution is -2.31. The van der Waals surface area contributed by atoms with Gasteiger partial charge in [-0.05, 0) is 57.1 Å². The van der Waals surface area contributed by atoms with Crippen molar-refractivity contribution >= 4 is 5.97 Å². The number of hydrogen-bond acceptors (Lipinski definition) is 4. The zero-order valence-electron chi connectivity index (χ0n) is 20.5. The molecule has 0 radical (unpaired) electrons. The van der Waals surface area contributed by atoms with Gasteiger partial charge >= 0.3 is 5.97 Å². The van der Waals surface area contributed by atoms with E-state index in [1.165, 1.54) is 57.8 Å². The van der Waals surface area contributed by atoms with Gasteiger partial charge in [-0.3, -0.25) is 4.98 Å². The Hall–Kier alpha value is -1.89. The zero-order valence-corrected chi connectivity index (χ0v) is 20.5. The summed E-state index contributed by atoms with van der Waals surface area (Å²) in [5.74, 6) is -0.280. The van der Waals surface area contributed by atoms with Gasteiger partial charge in [-0.25, -0.2) is 4.79 Å². The predicted molar refractivity (Wildman–Crippen MR) is 130 cm³/mol. The van der Waals surface area contributed by atoms with Crippen LogP contribution in [0.4, 0.5) is 0 Å². The van der Waals surface area contributed by atoms with Crippen molar-refractivity contribution in [2.45, 2.75) is 129 Å². The second-order valence-corrected chi connectivity index (χ2v) is 9.72. The van der Waals surface area contributed by atoms with E-state index in [4.69, 9.17) is 4.74 Å². The minimum absolute atomic E-state index is 0.0770. The molecule has 0 aromatic carbocycles. The van der Waals surface area contributed by atoms with Gasteiger partial charge in [0.05, 0.1) is 17.0 Å². The van der Waals surface area contributed by atoms with Crippen LogP contribution in [-0.4, -0.2) is 17.1 Å². The summed E-state index contributed by atoms with van der Waals surface area (Å²) in [5.41, 5.74) is 1.37. The Kier molecular flexibility index (Phi) is 12.4. The summed E-state index contributed by atoms with van der Waals surface area (Å²) < 4.78 is 5.76. The maximum atomic E-state index is 12.6. The van der Waals surface area contributed by atoms with E-state index in [1.807, 2.05) is 12.1 Å². The number of hydrogen-bond donors (Lipinski definition) is 0. The lowest BCUT2D eigenvalue weighted by atomic mass is 9.71. The molecule has 178 valence electrons. The maximum Gasteiger partial charge on any atom is 0.339 e. The molecule has 4 heteroatoms. The Morgan fingerprint density at radius 3 is 2.22 bits per heavy atom. The third-order valence-electron chi connectivity index (χ3n) is 7.01. The minimum Gasteiger partial charge on any atom is -0.459 e. The second kappa shape index (κ2) is 15.0. The number of aryl methyl sites for hydroxylation is 1. The van der Waals surface area contributed by atoms with E-state index in [2.05, 4.69) is 24.9 Å². The third-order valence-corrected chi connectivity index (χ3v) is 7.01. The summed E-state index contributed by atoms with van der Waals surface area (Å²) >= 11 is 0. The number of aromatic nitrogens is 1. The van der Waals surface area contributed by atoms with Crippen molar-refractivity contribution < 1.29 is 9.53 Å². The number of nitrogens with zero attached hydrogens (tertiary/aromatic N) is 2. The van der Waals surface area contributed by atoms with Gasteiger partial charge in [0.1, 0.15) is 6.10 Å². The first-order chi connectivity index (χ1) is 15.6. The number of unbranched alkanes of at least 4 members (excludes halogenated alkanes) is 9. The number of esters is 1. The zero-order chi connectivity index (χ0) is 23.1. The highest BCUT2D eigenvalue weighted by molar-refractivity contribution is 5.89. The molecular weight excluding hydrogens is 396 g/mol. The predicted octanol–water partition coefficient (Wildman–Crippen LogP) is 7.95. The fourth-order valence-corrected chi connectivity index (χ4v) is 4.75. The van der Waals surface area contributed by atoms with Gasteiger partial charge in [0.15, 0.2) is 0 Å². The van der Waals surface area contributed by atoms with Gasteiger partial charge in [-0.1, -0.05) is 78.1 Å². The monoisotopic (exact) mass is 440 g/mol. The fourth-order valence-electron chi connectivity index (χ4n) is 4.75. The molecule has 1 fully saturated rings. The summed E-state index contributed by atoms with van der Waals surface area (Å²) in [4.78, 5) is 17.0. The van der Waals surface area contributed by atoms with Crippen LogP contribution < -0.4 is 0 Å². The maximum absolute atomic E-state index is 12.6. The van der Waals surface area contributed by atoms with Crippen molar-refractivity contribution in [3.8, 4) is 6.07 Å². The van der Waals surface area contributed by atoms with Crippen LogP contribution in [0.3, 0.4) is 0 Å². The molecule has 2 rings (SSSR count). The number of carbonyl (C=O) groups is 1. The number of carbonyl (C=O) groups excluding carboxylic acids is 1. The van der Waals surface area contributed by atoms with Gasteiger partial charge in [-0.15, -0.1) is 0 Å². The molecule has 0 saturated heterocycles. The number of rotatable bonds is 15. The summed E-state index contributed by atoms with van der Waals surface area (Å²) in [6.07, 6.45) is 20.6. The molecule has 0 spiro atoms. The molecule has 0 N–H and O–H groups in total. The molecule has 0 aliphatic heterocycles. The third kappa shape index (κ3) is 9.31. The molecule has 0 unspecified atom stereocenters. The largest absolute Gasteiger partial charge is 0.459 e. The Bertz CT molecular complexity index is 684. The summed E-state index contributed by atoms with van der Waals surface area (Å²) in [6.45, 7) is 4.46. The lowest BCUT2D eigenvalue weighted by molar-refractivity contribution is 0.0104. The highest BCUT2D eigenvalue weighted by atomic mass is 16.5. The molecule has 0 atom stereocenters. The van der Waals surface area contributed by atoms with Gasteiger partial charge in [-0.2, -0.15) is 5.26 Å². The van der Waals surface area contributed by atoms with E-state index in [0.29, 0.717) is 5.56 Å². The van der Waals surface area contributed by atoms with Gasteiger partial charge in [0.25, 0.3) is 0 Å². The lowest BCUT2D eigenvalue weighted by Gasteiger charge is -2.34. The molecule has 32 heavy (non-hydrogen) atoms. The average Bonchev–Trinajstić information content (AvgIpc) is 2.83. The van der Waals surface area contributed by atoms with Crippen LogP contribution in [0.25, 0.3) is 0 Å². The number of ether oxygens (including phenoxy) is 1.